The lowest BCUT2D eigenvalue weighted by atomic mass is 10.0. The summed E-state index contributed by atoms with van der Waals surface area (Å²) in [4.78, 5) is 0. The van der Waals surface area contributed by atoms with Crippen LogP contribution >= 0.6 is 11.6 Å². The number of nitrogens with one attached hydrogen (secondary N) is 1. The summed E-state index contributed by atoms with van der Waals surface area (Å²) in [5.41, 5.74) is 3.30. The molecule has 0 aliphatic heterocycles. The lowest BCUT2D eigenvalue weighted by molar-refractivity contribution is 0.627. The van der Waals surface area contributed by atoms with Crippen LogP contribution in [-0.4, -0.2) is 6.04 Å². The van der Waals surface area contributed by atoms with E-state index in [2.05, 4.69) is 35.6 Å². The molecule has 0 spiro atoms. The van der Waals surface area contributed by atoms with E-state index < -0.39 is 0 Å². The van der Waals surface area contributed by atoms with E-state index in [1.807, 2.05) is 18.2 Å². The Bertz CT molecular complexity index is 789. The van der Waals surface area contributed by atoms with Crippen molar-refractivity contribution >= 4 is 22.6 Å². The van der Waals surface area contributed by atoms with Crippen LogP contribution in [0.4, 0.5) is 0 Å². The van der Waals surface area contributed by atoms with E-state index in [4.69, 9.17) is 16.0 Å². The molecule has 1 heterocycles. The molecular formula is C18H16ClNO. The zero-order valence-electron chi connectivity index (χ0n) is 11.6. The first-order chi connectivity index (χ1) is 10.3. The molecule has 1 aliphatic rings. The molecule has 3 heteroatoms. The van der Waals surface area contributed by atoms with Gasteiger partial charge in [-0.05, 0) is 42.7 Å². The number of hydrogen-bond acceptors (Lipinski definition) is 2. The molecule has 4 rings (SSSR count). The molecule has 0 unspecified atom stereocenters. The van der Waals surface area contributed by atoms with Crippen LogP contribution in [0.2, 0.25) is 5.02 Å². The van der Waals surface area contributed by atoms with Crippen LogP contribution in [0.3, 0.4) is 0 Å². The van der Waals surface area contributed by atoms with Crippen molar-refractivity contribution in [1.82, 2.24) is 5.32 Å². The predicted octanol–water partition coefficient (Wildman–Crippen LogP) is 5.01. The van der Waals surface area contributed by atoms with Crippen LogP contribution in [0, 0.1) is 0 Å². The van der Waals surface area contributed by atoms with Gasteiger partial charge >= 0.3 is 0 Å². The average molecular weight is 298 g/mol. The topological polar surface area (TPSA) is 25.2 Å². The van der Waals surface area contributed by atoms with E-state index in [9.17, 15) is 0 Å². The van der Waals surface area contributed by atoms with Crippen LogP contribution in [-0.2, 0) is 6.54 Å². The second kappa shape index (κ2) is 5.21. The number of rotatable bonds is 4. The van der Waals surface area contributed by atoms with Crippen LogP contribution < -0.4 is 5.32 Å². The summed E-state index contributed by atoms with van der Waals surface area (Å²) >= 11 is 6.05. The van der Waals surface area contributed by atoms with Gasteiger partial charge in [0.1, 0.15) is 11.3 Å². The zero-order chi connectivity index (χ0) is 14.2. The Morgan fingerprint density at radius 1 is 1.10 bits per heavy atom. The molecule has 1 saturated carbocycles. The fraction of sp³-hybridized carbons (Fsp3) is 0.222. The second-order valence-electron chi connectivity index (χ2n) is 5.61. The Morgan fingerprint density at radius 2 is 1.95 bits per heavy atom. The molecule has 1 N–H and O–H groups in total. The third kappa shape index (κ3) is 2.69. The third-order valence-electron chi connectivity index (χ3n) is 3.92. The monoisotopic (exact) mass is 297 g/mol. The first-order valence-corrected chi connectivity index (χ1v) is 7.68. The van der Waals surface area contributed by atoms with Gasteiger partial charge in [-0.2, -0.15) is 0 Å². The molecule has 1 aromatic heterocycles. The molecule has 2 nitrogen and oxygen atoms in total. The van der Waals surface area contributed by atoms with Gasteiger partial charge in [0.2, 0.25) is 0 Å². The molecule has 0 amide bonds. The normalized spacial score (nSPS) is 14.7. The Balaban J connectivity index is 1.72. The highest BCUT2D eigenvalue weighted by Crippen LogP contribution is 2.32. The zero-order valence-corrected chi connectivity index (χ0v) is 12.4. The molecule has 0 bridgehead atoms. The quantitative estimate of drug-likeness (QED) is 0.732. The fourth-order valence-electron chi connectivity index (χ4n) is 2.60. The third-order valence-corrected chi connectivity index (χ3v) is 4.15. The number of fused-ring (bicyclic) bond motifs is 1. The van der Waals surface area contributed by atoms with Crippen molar-refractivity contribution in [2.45, 2.75) is 25.4 Å². The van der Waals surface area contributed by atoms with Gasteiger partial charge in [-0.1, -0.05) is 35.9 Å². The van der Waals surface area contributed by atoms with Gasteiger partial charge < -0.3 is 9.73 Å². The minimum atomic E-state index is 0.701. The maximum Gasteiger partial charge on any atom is 0.135 e. The van der Waals surface area contributed by atoms with Gasteiger partial charge in [-0.25, -0.2) is 0 Å². The molecular weight excluding hydrogens is 282 g/mol. The molecule has 1 aliphatic carbocycles. The molecule has 21 heavy (non-hydrogen) atoms. The summed E-state index contributed by atoms with van der Waals surface area (Å²) in [5, 5.41) is 5.34. The van der Waals surface area contributed by atoms with E-state index >= 15 is 0 Å². The number of hydrogen-bond donors (Lipinski definition) is 1. The van der Waals surface area contributed by atoms with Gasteiger partial charge in [0.05, 0.1) is 0 Å². The van der Waals surface area contributed by atoms with Crippen molar-refractivity contribution in [3.8, 4) is 11.3 Å². The lowest BCUT2D eigenvalue weighted by Crippen LogP contribution is -2.15. The molecule has 3 aromatic rings. The Kier molecular flexibility index (Phi) is 3.21. The Morgan fingerprint density at radius 3 is 2.81 bits per heavy atom. The van der Waals surface area contributed by atoms with E-state index in [-0.39, 0.29) is 0 Å². The maximum absolute atomic E-state index is 6.05. The molecule has 0 saturated heterocycles. The highest BCUT2D eigenvalue weighted by Gasteiger charge is 2.20. The van der Waals surface area contributed by atoms with Crippen LogP contribution in [0.1, 0.15) is 18.4 Å². The number of furan rings is 1. The molecule has 0 radical (unpaired) electrons. The molecule has 0 atom stereocenters. The van der Waals surface area contributed by atoms with Crippen LogP contribution in [0.25, 0.3) is 22.3 Å². The van der Waals surface area contributed by atoms with Crippen molar-refractivity contribution in [2.24, 2.45) is 0 Å². The first kappa shape index (κ1) is 12.9. The smallest absolute Gasteiger partial charge is 0.135 e. The average Bonchev–Trinajstić information content (AvgIpc) is 3.23. The second-order valence-corrected chi connectivity index (χ2v) is 6.04. The van der Waals surface area contributed by atoms with Crippen molar-refractivity contribution < 1.29 is 4.42 Å². The SMILES string of the molecule is Clc1ccc2oc(-c3ccccc3CNC3CC3)cc2c1. The summed E-state index contributed by atoms with van der Waals surface area (Å²) < 4.78 is 5.99. The van der Waals surface area contributed by atoms with Crippen molar-refractivity contribution in [3.05, 3.63) is 59.1 Å². The number of benzene rings is 2. The van der Waals surface area contributed by atoms with Gasteiger partial charge in [0, 0.05) is 28.6 Å². The standard InChI is InChI=1S/C18H16ClNO/c19-14-5-8-17-13(9-14)10-18(21-17)16-4-2-1-3-12(16)11-20-15-6-7-15/h1-5,8-10,15,20H,6-7,11H2. The largest absolute Gasteiger partial charge is 0.456 e. The highest BCUT2D eigenvalue weighted by atomic mass is 35.5. The minimum Gasteiger partial charge on any atom is -0.456 e. The van der Waals surface area contributed by atoms with Gasteiger partial charge in [-0.3, -0.25) is 0 Å². The molecule has 2 aromatic carbocycles. The van der Waals surface area contributed by atoms with E-state index in [0.29, 0.717) is 6.04 Å². The summed E-state index contributed by atoms with van der Waals surface area (Å²) in [7, 11) is 0. The van der Waals surface area contributed by atoms with E-state index in [1.54, 1.807) is 0 Å². The fourth-order valence-corrected chi connectivity index (χ4v) is 2.78. The van der Waals surface area contributed by atoms with Gasteiger partial charge in [0.15, 0.2) is 0 Å². The van der Waals surface area contributed by atoms with Crippen molar-refractivity contribution in [3.63, 3.8) is 0 Å². The van der Waals surface area contributed by atoms with E-state index in [1.165, 1.54) is 18.4 Å². The highest BCUT2D eigenvalue weighted by molar-refractivity contribution is 6.31. The molecule has 1 fully saturated rings. The van der Waals surface area contributed by atoms with Crippen LogP contribution in [0.5, 0.6) is 0 Å². The summed E-state index contributed by atoms with van der Waals surface area (Å²) in [6.45, 7) is 0.888. The summed E-state index contributed by atoms with van der Waals surface area (Å²) in [5.74, 6) is 0.903. The minimum absolute atomic E-state index is 0.701. The van der Waals surface area contributed by atoms with Gasteiger partial charge in [0.25, 0.3) is 0 Å². The summed E-state index contributed by atoms with van der Waals surface area (Å²) in [6.07, 6.45) is 2.59. The number of halogens is 1. The Hall–Kier alpha value is -1.77. The predicted molar refractivity (Wildman–Crippen MR) is 86.5 cm³/mol. The Labute approximate surface area is 128 Å². The van der Waals surface area contributed by atoms with Crippen LogP contribution in [0.15, 0.2) is 52.9 Å². The lowest BCUT2D eigenvalue weighted by Gasteiger charge is -2.08. The summed E-state index contributed by atoms with van der Waals surface area (Å²) in [6, 6.07) is 16.9. The maximum atomic E-state index is 6.05. The van der Waals surface area contributed by atoms with Crippen molar-refractivity contribution in [1.29, 1.82) is 0 Å². The van der Waals surface area contributed by atoms with Gasteiger partial charge in [-0.15, -0.1) is 0 Å². The first-order valence-electron chi connectivity index (χ1n) is 7.30. The molecule has 106 valence electrons. The van der Waals surface area contributed by atoms with Crippen molar-refractivity contribution in [2.75, 3.05) is 0 Å². The van der Waals surface area contributed by atoms with E-state index in [0.717, 1.165) is 33.9 Å².